The molecule has 146 valence electrons. The number of benzene rings is 2. The summed E-state index contributed by atoms with van der Waals surface area (Å²) in [5.41, 5.74) is 1.08. The summed E-state index contributed by atoms with van der Waals surface area (Å²) in [6, 6.07) is 12.6. The molecule has 3 amide bonds. The van der Waals surface area contributed by atoms with E-state index in [4.69, 9.17) is 0 Å². The number of anilines is 1. The van der Waals surface area contributed by atoms with E-state index < -0.39 is 11.8 Å². The summed E-state index contributed by atoms with van der Waals surface area (Å²) < 4.78 is 14.8. The first-order valence-corrected chi connectivity index (χ1v) is 9.77. The predicted octanol–water partition coefficient (Wildman–Crippen LogP) is 2.79. The van der Waals surface area contributed by atoms with Crippen LogP contribution in [0, 0.1) is 5.82 Å². The van der Waals surface area contributed by atoms with Crippen molar-refractivity contribution in [3.63, 3.8) is 0 Å². The number of carbonyl (C=O) groups is 2. The van der Waals surface area contributed by atoms with Gasteiger partial charge in [-0.3, -0.25) is 4.79 Å². The molecule has 0 saturated carbocycles. The van der Waals surface area contributed by atoms with Crippen molar-refractivity contribution in [1.29, 1.82) is 0 Å². The van der Waals surface area contributed by atoms with Gasteiger partial charge in [0.25, 0.3) is 0 Å². The molecule has 8 heteroatoms. The zero-order chi connectivity index (χ0) is 19.8. The number of nitrogens with one attached hydrogen (secondary N) is 1. The first kappa shape index (κ1) is 18.9. The van der Waals surface area contributed by atoms with E-state index in [0.717, 1.165) is 10.0 Å². The molecule has 2 aromatic carbocycles. The molecule has 2 aliphatic heterocycles. The minimum Gasteiger partial charge on any atom is -0.394 e. The molecular weight excluding hydrogens is 429 g/mol. The molecular formula is C20H19BrFN3O3. The molecule has 2 heterocycles. The summed E-state index contributed by atoms with van der Waals surface area (Å²) in [5, 5.41) is 12.3. The molecule has 0 bridgehead atoms. The summed E-state index contributed by atoms with van der Waals surface area (Å²) in [4.78, 5) is 28.3. The van der Waals surface area contributed by atoms with Crippen LogP contribution in [0.1, 0.15) is 11.5 Å². The van der Waals surface area contributed by atoms with Gasteiger partial charge < -0.3 is 20.2 Å². The highest BCUT2D eigenvalue weighted by Gasteiger charge is 2.54. The van der Waals surface area contributed by atoms with Crippen LogP contribution in [0.5, 0.6) is 0 Å². The van der Waals surface area contributed by atoms with Gasteiger partial charge >= 0.3 is 6.03 Å². The minimum absolute atomic E-state index is 0.0638. The smallest absolute Gasteiger partial charge is 0.322 e. The van der Waals surface area contributed by atoms with E-state index in [-0.39, 0.29) is 42.7 Å². The number of amides is 3. The fourth-order valence-electron chi connectivity index (χ4n) is 4.10. The van der Waals surface area contributed by atoms with Crippen molar-refractivity contribution in [2.24, 2.45) is 0 Å². The first-order chi connectivity index (χ1) is 13.5. The maximum atomic E-state index is 13.8. The second-order valence-corrected chi connectivity index (χ2v) is 7.90. The van der Waals surface area contributed by atoms with Gasteiger partial charge in [0.15, 0.2) is 0 Å². The average Bonchev–Trinajstić information content (AvgIpc) is 2.66. The van der Waals surface area contributed by atoms with Gasteiger partial charge in [0.05, 0.1) is 24.4 Å². The quantitative estimate of drug-likeness (QED) is 0.759. The SMILES string of the molecule is O=C(Nc1ccccc1F)N1CC(=O)N2[C@H](CO)[C@@H](c3ccc(Br)cc3)[C@@H]2C1. The van der Waals surface area contributed by atoms with Gasteiger partial charge in [-0.05, 0) is 29.8 Å². The van der Waals surface area contributed by atoms with Crippen molar-refractivity contribution in [1.82, 2.24) is 9.80 Å². The Balaban J connectivity index is 1.53. The topological polar surface area (TPSA) is 72.9 Å². The van der Waals surface area contributed by atoms with Crippen molar-refractivity contribution in [3.8, 4) is 0 Å². The number of urea groups is 1. The number of rotatable bonds is 3. The van der Waals surface area contributed by atoms with Crippen molar-refractivity contribution in [2.75, 3.05) is 25.0 Å². The fourth-order valence-corrected chi connectivity index (χ4v) is 4.36. The van der Waals surface area contributed by atoms with Gasteiger partial charge in [0.2, 0.25) is 5.91 Å². The van der Waals surface area contributed by atoms with Crippen LogP contribution in [0.2, 0.25) is 0 Å². The molecule has 0 spiro atoms. The summed E-state index contributed by atoms with van der Waals surface area (Å²) in [6.07, 6.45) is 0. The number of hydrogen-bond donors (Lipinski definition) is 2. The summed E-state index contributed by atoms with van der Waals surface area (Å²) in [5.74, 6) is -0.809. The second-order valence-electron chi connectivity index (χ2n) is 6.99. The van der Waals surface area contributed by atoms with Crippen LogP contribution in [-0.4, -0.2) is 58.6 Å². The third-order valence-electron chi connectivity index (χ3n) is 5.41. The highest BCUT2D eigenvalue weighted by molar-refractivity contribution is 9.10. The van der Waals surface area contributed by atoms with Crippen LogP contribution in [0.3, 0.4) is 0 Å². The van der Waals surface area contributed by atoms with E-state index in [1.165, 1.54) is 17.0 Å². The van der Waals surface area contributed by atoms with Crippen molar-refractivity contribution in [3.05, 3.63) is 64.4 Å². The molecule has 6 nitrogen and oxygen atoms in total. The number of hydrogen-bond acceptors (Lipinski definition) is 3. The Kier molecular flexibility index (Phi) is 5.07. The number of aliphatic hydroxyl groups excluding tert-OH is 1. The lowest BCUT2D eigenvalue weighted by atomic mass is 9.74. The Morgan fingerprint density at radius 3 is 2.61 bits per heavy atom. The summed E-state index contributed by atoms with van der Waals surface area (Å²) >= 11 is 3.41. The summed E-state index contributed by atoms with van der Waals surface area (Å²) in [6.45, 7) is 0.0913. The van der Waals surface area contributed by atoms with Crippen molar-refractivity contribution >= 4 is 33.6 Å². The Hall–Kier alpha value is -2.45. The van der Waals surface area contributed by atoms with Gasteiger partial charge in [-0.1, -0.05) is 40.2 Å². The molecule has 2 aromatic rings. The van der Waals surface area contributed by atoms with E-state index in [2.05, 4.69) is 21.2 Å². The maximum Gasteiger partial charge on any atom is 0.322 e. The predicted molar refractivity (Wildman–Crippen MR) is 105 cm³/mol. The maximum absolute atomic E-state index is 13.8. The third kappa shape index (κ3) is 3.27. The highest BCUT2D eigenvalue weighted by Crippen LogP contribution is 2.43. The number of aliphatic hydroxyl groups is 1. The normalized spacial score (nSPS) is 23.8. The van der Waals surface area contributed by atoms with Crippen molar-refractivity contribution < 1.29 is 19.1 Å². The monoisotopic (exact) mass is 447 g/mol. The molecule has 0 radical (unpaired) electrons. The Bertz CT molecular complexity index is 908. The van der Waals surface area contributed by atoms with Gasteiger partial charge in [-0.15, -0.1) is 0 Å². The summed E-state index contributed by atoms with van der Waals surface area (Å²) in [7, 11) is 0. The van der Waals surface area contributed by atoms with E-state index >= 15 is 0 Å². The molecule has 2 aliphatic rings. The standard InChI is InChI=1S/C20H19BrFN3O3/c21-13-7-5-12(6-8-13)19-16-9-24(10-18(27)25(16)17(19)11-26)20(28)23-15-4-2-1-3-14(15)22/h1-8,16-17,19,26H,9-11H2,(H,23,28)/t16-,17+,19-/m0/s1. The zero-order valence-corrected chi connectivity index (χ0v) is 16.5. The molecule has 2 fully saturated rings. The molecule has 3 atom stereocenters. The van der Waals surface area contributed by atoms with E-state index in [1.807, 2.05) is 24.3 Å². The zero-order valence-electron chi connectivity index (χ0n) is 14.9. The van der Waals surface area contributed by atoms with Gasteiger partial charge in [0, 0.05) is 16.9 Å². The Morgan fingerprint density at radius 2 is 1.93 bits per heavy atom. The lowest BCUT2D eigenvalue weighted by molar-refractivity contribution is -0.159. The number of carbonyl (C=O) groups excluding carboxylic acids is 2. The first-order valence-electron chi connectivity index (χ1n) is 8.97. The largest absolute Gasteiger partial charge is 0.394 e. The number of para-hydroxylation sites is 1. The molecule has 28 heavy (non-hydrogen) atoms. The molecule has 0 aliphatic carbocycles. The highest BCUT2D eigenvalue weighted by atomic mass is 79.9. The van der Waals surface area contributed by atoms with Crippen LogP contribution in [0.15, 0.2) is 53.0 Å². The van der Waals surface area contributed by atoms with E-state index in [9.17, 15) is 19.1 Å². The van der Waals surface area contributed by atoms with Crippen LogP contribution in [0.25, 0.3) is 0 Å². The lowest BCUT2D eigenvalue weighted by Gasteiger charge is -2.58. The van der Waals surface area contributed by atoms with E-state index in [0.29, 0.717) is 6.54 Å². The number of piperazine rings is 1. The Morgan fingerprint density at radius 1 is 1.21 bits per heavy atom. The fraction of sp³-hybridized carbons (Fsp3) is 0.300. The molecule has 0 aromatic heterocycles. The van der Waals surface area contributed by atoms with Gasteiger partial charge in [0.1, 0.15) is 12.4 Å². The lowest BCUT2D eigenvalue weighted by Crippen LogP contribution is -2.73. The van der Waals surface area contributed by atoms with Crippen LogP contribution >= 0.6 is 15.9 Å². The second kappa shape index (κ2) is 7.52. The third-order valence-corrected chi connectivity index (χ3v) is 5.94. The molecule has 2 N–H and O–H groups in total. The minimum atomic E-state index is -0.530. The van der Waals surface area contributed by atoms with Crippen LogP contribution in [-0.2, 0) is 4.79 Å². The number of fused-ring (bicyclic) bond motifs is 1. The van der Waals surface area contributed by atoms with Gasteiger partial charge in [-0.25, -0.2) is 9.18 Å². The molecule has 4 rings (SSSR count). The van der Waals surface area contributed by atoms with Crippen LogP contribution < -0.4 is 5.32 Å². The molecule has 2 saturated heterocycles. The Labute approximate surface area is 170 Å². The van der Waals surface area contributed by atoms with Gasteiger partial charge in [-0.2, -0.15) is 0 Å². The number of nitrogens with zero attached hydrogens (tertiary/aromatic N) is 2. The van der Waals surface area contributed by atoms with Crippen LogP contribution in [0.4, 0.5) is 14.9 Å². The molecule has 0 unspecified atom stereocenters. The average molecular weight is 448 g/mol. The van der Waals surface area contributed by atoms with Crippen molar-refractivity contribution in [2.45, 2.75) is 18.0 Å². The van der Waals surface area contributed by atoms with E-state index in [1.54, 1.807) is 17.0 Å². The number of halogens is 2.